The maximum Gasteiger partial charge on any atom is 0.176 e. The van der Waals surface area contributed by atoms with Crippen LogP contribution in [0.1, 0.15) is 19.2 Å². The molecule has 0 amide bonds. The molecule has 0 aliphatic heterocycles. The number of nitrogens with zero attached hydrogens (tertiary/aromatic N) is 4. The summed E-state index contributed by atoms with van der Waals surface area (Å²) in [5.74, 6) is 1.16. The van der Waals surface area contributed by atoms with Gasteiger partial charge in [-0.1, -0.05) is 6.92 Å². The van der Waals surface area contributed by atoms with Crippen LogP contribution < -0.4 is 5.73 Å². The van der Waals surface area contributed by atoms with Gasteiger partial charge in [-0.05, 0) is 17.6 Å². The highest BCUT2D eigenvalue weighted by atomic mass is 16.5. The van der Waals surface area contributed by atoms with Crippen LogP contribution in [0.25, 0.3) is 0 Å². The molecule has 0 saturated heterocycles. The number of rotatable bonds is 6. The van der Waals surface area contributed by atoms with E-state index < -0.39 is 0 Å². The Kier molecular flexibility index (Phi) is 4.64. The molecule has 6 nitrogen and oxygen atoms in total. The van der Waals surface area contributed by atoms with Crippen LogP contribution in [-0.4, -0.2) is 40.0 Å². The SMILES string of the molecule is COCC(C)CC(N)Cc1nnn(C)n1. The van der Waals surface area contributed by atoms with Crippen LogP contribution in [-0.2, 0) is 18.2 Å². The Morgan fingerprint density at radius 2 is 2.27 bits per heavy atom. The fourth-order valence-corrected chi connectivity index (χ4v) is 1.59. The molecule has 0 bridgehead atoms. The normalized spacial score (nSPS) is 15.2. The minimum absolute atomic E-state index is 0.0688. The van der Waals surface area contributed by atoms with Gasteiger partial charge in [0.1, 0.15) is 0 Å². The molecule has 0 aliphatic rings. The van der Waals surface area contributed by atoms with Crippen LogP contribution in [0.4, 0.5) is 0 Å². The lowest BCUT2D eigenvalue weighted by atomic mass is 10.0. The molecule has 86 valence electrons. The molecule has 1 aromatic rings. The van der Waals surface area contributed by atoms with Gasteiger partial charge in [0.05, 0.1) is 7.05 Å². The minimum Gasteiger partial charge on any atom is -0.384 e. The Morgan fingerprint density at radius 1 is 1.53 bits per heavy atom. The standard InChI is InChI=1S/C9H19N5O/c1-7(6-15-3)4-8(10)5-9-11-13-14(2)12-9/h7-8H,4-6,10H2,1-3H3. The molecular formula is C9H19N5O. The zero-order chi connectivity index (χ0) is 11.3. The molecule has 15 heavy (non-hydrogen) atoms. The molecule has 2 unspecified atom stereocenters. The van der Waals surface area contributed by atoms with E-state index in [0.717, 1.165) is 13.0 Å². The van der Waals surface area contributed by atoms with Crippen LogP contribution >= 0.6 is 0 Å². The predicted octanol–water partition coefficient (Wildman–Crippen LogP) is -0.247. The molecule has 6 heteroatoms. The lowest BCUT2D eigenvalue weighted by Gasteiger charge is -2.14. The molecular weight excluding hydrogens is 194 g/mol. The van der Waals surface area contributed by atoms with E-state index in [2.05, 4.69) is 22.3 Å². The summed E-state index contributed by atoms with van der Waals surface area (Å²) in [5.41, 5.74) is 5.97. The fraction of sp³-hybridized carbons (Fsp3) is 0.889. The third-order valence-electron chi connectivity index (χ3n) is 2.15. The van der Waals surface area contributed by atoms with Crippen LogP contribution in [0.3, 0.4) is 0 Å². The largest absolute Gasteiger partial charge is 0.384 e. The predicted molar refractivity (Wildman–Crippen MR) is 56.1 cm³/mol. The summed E-state index contributed by atoms with van der Waals surface area (Å²) in [7, 11) is 3.45. The number of tetrazole rings is 1. The second-order valence-corrected chi connectivity index (χ2v) is 3.96. The third-order valence-corrected chi connectivity index (χ3v) is 2.15. The van der Waals surface area contributed by atoms with Crippen molar-refractivity contribution in [1.82, 2.24) is 20.2 Å². The van der Waals surface area contributed by atoms with Crippen molar-refractivity contribution < 1.29 is 4.74 Å². The number of aromatic nitrogens is 4. The summed E-state index contributed by atoms with van der Waals surface area (Å²) in [5, 5.41) is 11.7. The first-order valence-electron chi connectivity index (χ1n) is 5.09. The quantitative estimate of drug-likeness (QED) is 0.705. The van der Waals surface area contributed by atoms with E-state index in [0.29, 0.717) is 18.2 Å². The molecule has 0 spiro atoms. The lowest BCUT2D eigenvalue weighted by Crippen LogP contribution is -2.27. The van der Waals surface area contributed by atoms with Gasteiger partial charge >= 0.3 is 0 Å². The van der Waals surface area contributed by atoms with Crippen LogP contribution in [0.15, 0.2) is 0 Å². The smallest absolute Gasteiger partial charge is 0.176 e. The van der Waals surface area contributed by atoms with Crippen molar-refractivity contribution in [2.75, 3.05) is 13.7 Å². The van der Waals surface area contributed by atoms with Crippen LogP contribution in [0.2, 0.25) is 0 Å². The lowest BCUT2D eigenvalue weighted by molar-refractivity contribution is 0.152. The molecule has 0 saturated carbocycles. The van der Waals surface area contributed by atoms with E-state index >= 15 is 0 Å². The van der Waals surface area contributed by atoms with Gasteiger partial charge in [-0.15, -0.1) is 10.2 Å². The van der Waals surface area contributed by atoms with E-state index in [1.54, 1.807) is 14.2 Å². The second kappa shape index (κ2) is 5.77. The minimum atomic E-state index is 0.0688. The number of aryl methyl sites for hydroxylation is 1. The molecule has 0 aromatic carbocycles. The highest BCUT2D eigenvalue weighted by molar-refractivity contribution is 4.83. The third kappa shape index (κ3) is 4.35. The zero-order valence-corrected chi connectivity index (χ0v) is 9.55. The monoisotopic (exact) mass is 213 g/mol. The average molecular weight is 213 g/mol. The fourth-order valence-electron chi connectivity index (χ4n) is 1.59. The van der Waals surface area contributed by atoms with Crippen LogP contribution in [0, 0.1) is 5.92 Å². The molecule has 1 heterocycles. The Balaban J connectivity index is 2.32. The van der Waals surface area contributed by atoms with Gasteiger partial charge in [0.25, 0.3) is 0 Å². The van der Waals surface area contributed by atoms with Crippen molar-refractivity contribution in [3.05, 3.63) is 5.82 Å². The molecule has 2 N–H and O–H groups in total. The van der Waals surface area contributed by atoms with E-state index in [4.69, 9.17) is 10.5 Å². The summed E-state index contributed by atoms with van der Waals surface area (Å²) in [6.45, 7) is 2.86. The summed E-state index contributed by atoms with van der Waals surface area (Å²) in [6, 6.07) is 0.0688. The van der Waals surface area contributed by atoms with E-state index in [1.807, 2.05) is 0 Å². The first kappa shape index (κ1) is 12.1. The number of methoxy groups -OCH3 is 1. The van der Waals surface area contributed by atoms with Crippen molar-refractivity contribution in [2.24, 2.45) is 18.7 Å². The molecule has 0 fully saturated rings. The zero-order valence-electron chi connectivity index (χ0n) is 9.55. The molecule has 1 rings (SSSR count). The highest BCUT2D eigenvalue weighted by Gasteiger charge is 2.12. The second-order valence-electron chi connectivity index (χ2n) is 3.96. The van der Waals surface area contributed by atoms with Crippen molar-refractivity contribution in [3.8, 4) is 0 Å². The van der Waals surface area contributed by atoms with Crippen molar-refractivity contribution in [3.63, 3.8) is 0 Å². The van der Waals surface area contributed by atoms with Gasteiger partial charge in [0.15, 0.2) is 5.82 Å². The van der Waals surface area contributed by atoms with Gasteiger partial charge in [-0.25, -0.2) is 0 Å². The molecule has 2 atom stereocenters. The number of nitrogens with two attached hydrogens (primary N) is 1. The Hall–Kier alpha value is -1.01. The first-order chi connectivity index (χ1) is 7.11. The topological polar surface area (TPSA) is 78.9 Å². The van der Waals surface area contributed by atoms with E-state index in [-0.39, 0.29) is 6.04 Å². The summed E-state index contributed by atoms with van der Waals surface area (Å²) in [6.07, 6.45) is 1.58. The molecule has 1 aromatic heterocycles. The summed E-state index contributed by atoms with van der Waals surface area (Å²) in [4.78, 5) is 1.45. The van der Waals surface area contributed by atoms with Gasteiger partial charge in [0, 0.05) is 26.2 Å². The van der Waals surface area contributed by atoms with Crippen LogP contribution in [0.5, 0.6) is 0 Å². The molecule has 0 aliphatic carbocycles. The number of hydrogen-bond acceptors (Lipinski definition) is 5. The van der Waals surface area contributed by atoms with E-state index in [1.165, 1.54) is 4.80 Å². The first-order valence-corrected chi connectivity index (χ1v) is 5.09. The summed E-state index contributed by atoms with van der Waals surface area (Å²) < 4.78 is 5.06. The molecule has 0 radical (unpaired) electrons. The summed E-state index contributed by atoms with van der Waals surface area (Å²) >= 11 is 0. The number of ether oxygens (including phenoxy) is 1. The van der Waals surface area contributed by atoms with Crippen molar-refractivity contribution in [1.29, 1.82) is 0 Å². The van der Waals surface area contributed by atoms with Crippen molar-refractivity contribution in [2.45, 2.75) is 25.8 Å². The highest BCUT2D eigenvalue weighted by Crippen LogP contribution is 2.07. The van der Waals surface area contributed by atoms with Crippen molar-refractivity contribution >= 4 is 0 Å². The van der Waals surface area contributed by atoms with Gasteiger partial charge in [0.2, 0.25) is 0 Å². The Morgan fingerprint density at radius 3 is 2.80 bits per heavy atom. The van der Waals surface area contributed by atoms with Gasteiger partial charge < -0.3 is 10.5 Å². The Labute approximate surface area is 89.8 Å². The maximum absolute atomic E-state index is 5.97. The van der Waals surface area contributed by atoms with Gasteiger partial charge in [-0.2, -0.15) is 4.80 Å². The van der Waals surface area contributed by atoms with Gasteiger partial charge in [-0.3, -0.25) is 0 Å². The van der Waals surface area contributed by atoms with E-state index in [9.17, 15) is 0 Å². The maximum atomic E-state index is 5.97. The average Bonchev–Trinajstić information content (AvgIpc) is 2.51. The Bertz CT molecular complexity index is 288. The number of hydrogen-bond donors (Lipinski definition) is 1.